The van der Waals surface area contributed by atoms with Gasteiger partial charge in [-0.25, -0.2) is 0 Å². The van der Waals surface area contributed by atoms with Gasteiger partial charge in [0.05, 0.1) is 18.8 Å². The number of hydrogen-bond acceptors (Lipinski definition) is 3. The van der Waals surface area contributed by atoms with Crippen LogP contribution >= 0.6 is 0 Å². The van der Waals surface area contributed by atoms with Crippen molar-refractivity contribution in [3.05, 3.63) is 29.8 Å². The Morgan fingerprint density at radius 2 is 1.95 bits per heavy atom. The van der Waals surface area contributed by atoms with Gasteiger partial charge in [-0.15, -0.1) is 0 Å². The van der Waals surface area contributed by atoms with Gasteiger partial charge in [-0.3, -0.25) is 0 Å². The van der Waals surface area contributed by atoms with E-state index in [0.29, 0.717) is 12.1 Å². The van der Waals surface area contributed by atoms with Gasteiger partial charge in [-0.2, -0.15) is 0 Å². The lowest BCUT2D eigenvalue weighted by molar-refractivity contribution is 0.0256. The molecule has 2 atom stereocenters. The summed E-state index contributed by atoms with van der Waals surface area (Å²) in [6, 6.07) is 10.6. The van der Waals surface area contributed by atoms with Crippen molar-refractivity contribution < 1.29 is 4.74 Å². The van der Waals surface area contributed by atoms with Crippen LogP contribution in [-0.2, 0) is 11.3 Å². The monoisotopic (exact) mass is 272 g/mol. The van der Waals surface area contributed by atoms with E-state index in [1.54, 1.807) is 0 Å². The van der Waals surface area contributed by atoms with Crippen LogP contribution in [0.5, 0.6) is 0 Å². The fourth-order valence-electron chi connectivity index (χ4n) is 3.60. The maximum Gasteiger partial charge on any atom is 0.0779 e. The molecule has 108 valence electrons. The SMILES string of the molecule is c1cc(N2CCOC3CCCC32)ccc1CNC1CC1. The number of morpholine rings is 1. The zero-order valence-electron chi connectivity index (χ0n) is 12.1. The summed E-state index contributed by atoms with van der Waals surface area (Å²) < 4.78 is 5.90. The molecule has 1 aromatic rings. The maximum atomic E-state index is 5.90. The molecule has 1 heterocycles. The Labute approximate surface area is 121 Å². The minimum Gasteiger partial charge on any atom is -0.374 e. The smallest absolute Gasteiger partial charge is 0.0779 e. The van der Waals surface area contributed by atoms with Gasteiger partial charge in [-0.1, -0.05) is 12.1 Å². The highest BCUT2D eigenvalue weighted by atomic mass is 16.5. The molecule has 2 saturated carbocycles. The van der Waals surface area contributed by atoms with E-state index in [1.165, 1.54) is 43.4 Å². The van der Waals surface area contributed by atoms with Gasteiger partial charge in [0.15, 0.2) is 0 Å². The molecule has 0 radical (unpaired) electrons. The normalized spacial score (nSPS) is 29.5. The van der Waals surface area contributed by atoms with Crippen molar-refractivity contribution in [3.63, 3.8) is 0 Å². The summed E-state index contributed by atoms with van der Waals surface area (Å²) in [6.07, 6.45) is 7.03. The Balaban J connectivity index is 1.44. The summed E-state index contributed by atoms with van der Waals surface area (Å²) >= 11 is 0. The van der Waals surface area contributed by atoms with E-state index < -0.39 is 0 Å². The largest absolute Gasteiger partial charge is 0.374 e. The number of ether oxygens (including phenoxy) is 1. The molecule has 0 spiro atoms. The van der Waals surface area contributed by atoms with Crippen molar-refractivity contribution in [1.82, 2.24) is 5.32 Å². The van der Waals surface area contributed by atoms with E-state index in [9.17, 15) is 0 Å². The fourth-order valence-corrected chi connectivity index (χ4v) is 3.60. The molecule has 20 heavy (non-hydrogen) atoms. The average molecular weight is 272 g/mol. The van der Waals surface area contributed by atoms with E-state index in [0.717, 1.165) is 25.7 Å². The molecule has 1 aromatic carbocycles. The first-order chi connectivity index (χ1) is 9.90. The minimum atomic E-state index is 0.472. The Hall–Kier alpha value is -1.06. The van der Waals surface area contributed by atoms with E-state index in [4.69, 9.17) is 4.74 Å². The van der Waals surface area contributed by atoms with E-state index in [1.807, 2.05) is 0 Å². The molecular formula is C17H24N2O. The van der Waals surface area contributed by atoms with Crippen LogP contribution in [0.1, 0.15) is 37.7 Å². The highest BCUT2D eigenvalue weighted by Crippen LogP contribution is 2.33. The van der Waals surface area contributed by atoms with Crippen molar-refractivity contribution in [2.24, 2.45) is 0 Å². The Bertz CT molecular complexity index is 455. The van der Waals surface area contributed by atoms with Crippen LogP contribution in [0.4, 0.5) is 5.69 Å². The topological polar surface area (TPSA) is 24.5 Å². The molecule has 1 N–H and O–H groups in total. The predicted octanol–water partition coefficient (Wildman–Crippen LogP) is 2.70. The third-order valence-corrected chi connectivity index (χ3v) is 4.92. The summed E-state index contributed by atoms with van der Waals surface area (Å²) in [6.45, 7) is 2.94. The summed E-state index contributed by atoms with van der Waals surface area (Å²) in [5, 5.41) is 3.58. The number of anilines is 1. The maximum absolute atomic E-state index is 5.90. The van der Waals surface area contributed by atoms with Gasteiger partial charge < -0.3 is 15.0 Å². The molecule has 0 bridgehead atoms. The number of nitrogens with zero attached hydrogens (tertiary/aromatic N) is 1. The quantitative estimate of drug-likeness (QED) is 0.912. The van der Waals surface area contributed by atoms with Crippen molar-refractivity contribution in [1.29, 1.82) is 0 Å². The molecule has 1 aliphatic heterocycles. The predicted molar refractivity (Wildman–Crippen MR) is 81.0 cm³/mol. The number of hydrogen-bond donors (Lipinski definition) is 1. The fraction of sp³-hybridized carbons (Fsp3) is 0.647. The first kappa shape index (κ1) is 12.7. The van der Waals surface area contributed by atoms with Gasteiger partial charge in [0, 0.05) is 24.8 Å². The third-order valence-electron chi connectivity index (χ3n) is 4.92. The molecule has 0 amide bonds. The number of fused-ring (bicyclic) bond motifs is 1. The van der Waals surface area contributed by atoms with Crippen LogP contribution in [0, 0.1) is 0 Å². The first-order valence-corrected chi connectivity index (χ1v) is 8.11. The number of rotatable bonds is 4. The molecule has 3 aliphatic rings. The molecule has 0 aromatic heterocycles. The van der Waals surface area contributed by atoms with E-state index in [2.05, 4.69) is 34.5 Å². The van der Waals surface area contributed by atoms with Gasteiger partial charge in [-0.05, 0) is 49.8 Å². The van der Waals surface area contributed by atoms with Crippen LogP contribution in [0.3, 0.4) is 0 Å². The molecule has 3 fully saturated rings. The van der Waals surface area contributed by atoms with Gasteiger partial charge in [0.1, 0.15) is 0 Å². The van der Waals surface area contributed by atoms with Crippen molar-refractivity contribution >= 4 is 5.69 Å². The zero-order chi connectivity index (χ0) is 13.4. The molecule has 4 rings (SSSR count). The van der Waals surface area contributed by atoms with E-state index >= 15 is 0 Å². The highest BCUT2D eigenvalue weighted by Gasteiger charge is 2.36. The molecule has 3 nitrogen and oxygen atoms in total. The van der Waals surface area contributed by atoms with Crippen molar-refractivity contribution in [3.8, 4) is 0 Å². The van der Waals surface area contributed by atoms with Gasteiger partial charge >= 0.3 is 0 Å². The third kappa shape index (κ3) is 2.57. The van der Waals surface area contributed by atoms with Gasteiger partial charge in [0.2, 0.25) is 0 Å². The highest BCUT2D eigenvalue weighted by molar-refractivity contribution is 5.49. The average Bonchev–Trinajstić information content (AvgIpc) is 3.20. The lowest BCUT2D eigenvalue weighted by atomic mass is 10.1. The molecule has 2 unspecified atom stereocenters. The van der Waals surface area contributed by atoms with E-state index in [-0.39, 0.29) is 0 Å². The summed E-state index contributed by atoms with van der Waals surface area (Å²) in [7, 11) is 0. The minimum absolute atomic E-state index is 0.472. The Morgan fingerprint density at radius 1 is 1.10 bits per heavy atom. The molecule has 3 heteroatoms. The molecular weight excluding hydrogens is 248 g/mol. The Morgan fingerprint density at radius 3 is 2.75 bits per heavy atom. The van der Waals surface area contributed by atoms with Crippen LogP contribution in [0.15, 0.2) is 24.3 Å². The lowest BCUT2D eigenvalue weighted by Crippen LogP contribution is -2.48. The molecule has 2 aliphatic carbocycles. The summed E-state index contributed by atoms with van der Waals surface area (Å²) in [5.74, 6) is 0. The lowest BCUT2D eigenvalue weighted by Gasteiger charge is -2.39. The Kier molecular flexibility index (Phi) is 3.41. The van der Waals surface area contributed by atoms with Crippen molar-refractivity contribution in [2.45, 2.75) is 56.8 Å². The first-order valence-electron chi connectivity index (χ1n) is 8.11. The zero-order valence-corrected chi connectivity index (χ0v) is 12.1. The summed E-state index contributed by atoms with van der Waals surface area (Å²) in [5.41, 5.74) is 2.78. The standard InChI is InChI=1S/C17H24N2O/c1-2-16-17(3-1)20-11-10-19(16)15-8-4-13(5-9-15)12-18-14-6-7-14/h4-5,8-9,14,16-18H,1-3,6-7,10-12H2. The molecule has 1 saturated heterocycles. The van der Waals surface area contributed by atoms with Crippen molar-refractivity contribution in [2.75, 3.05) is 18.1 Å². The van der Waals surface area contributed by atoms with Crippen LogP contribution in [0.2, 0.25) is 0 Å². The second kappa shape index (κ2) is 5.38. The number of nitrogens with one attached hydrogen (secondary N) is 1. The van der Waals surface area contributed by atoms with Crippen LogP contribution in [0.25, 0.3) is 0 Å². The second-order valence-corrected chi connectivity index (χ2v) is 6.42. The van der Waals surface area contributed by atoms with Crippen LogP contribution in [-0.4, -0.2) is 31.3 Å². The second-order valence-electron chi connectivity index (χ2n) is 6.42. The van der Waals surface area contributed by atoms with Crippen LogP contribution < -0.4 is 10.2 Å². The number of benzene rings is 1. The van der Waals surface area contributed by atoms with Gasteiger partial charge in [0.25, 0.3) is 0 Å². The summed E-state index contributed by atoms with van der Waals surface area (Å²) in [4.78, 5) is 2.57.